The molecule has 0 atom stereocenters. The number of rotatable bonds is 3. The van der Waals surface area contributed by atoms with Crippen molar-refractivity contribution in [1.82, 2.24) is 10.2 Å². The number of carboxylic acid groups (broad SMARTS) is 1. The van der Waals surface area contributed by atoms with Gasteiger partial charge in [0.1, 0.15) is 5.51 Å². The van der Waals surface area contributed by atoms with Crippen molar-refractivity contribution < 1.29 is 9.90 Å². The van der Waals surface area contributed by atoms with E-state index >= 15 is 0 Å². The van der Waals surface area contributed by atoms with Gasteiger partial charge in [-0.2, -0.15) is 0 Å². The lowest BCUT2D eigenvalue weighted by Gasteiger charge is -2.14. The molecule has 1 aromatic heterocycles. The molecule has 0 amide bonds. The molecule has 0 saturated carbocycles. The summed E-state index contributed by atoms with van der Waals surface area (Å²) in [6.07, 6.45) is 0. The Hall–Kier alpha value is -1.95. The lowest BCUT2D eigenvalue weighted by atomic mass is 10.2. The highest BCUT2D eigenvalue weighted by molar-refractivity contribution is 7.13. The van der Waals surface area contributed by atoms with Crippen LogP contribution >= 0.6 is 11.3 Å². The Morgan fingerprint density at radius 3 is 2.56 bits per heavy atom. The molecule has 0 bridgehead atoms. The van der Waals surface area contributed by atoms with Crippen molar-refractivity contribution in [3.05, 3.63) is 35.3 Å². The van der Waals surface area contributed by atoms with Gasteiger partial charge in [0.05, 0.1) is 5.56 Å². The van der Waals surface area contributed by atoms with Crippen LogP contribution in [0.5, 0.6) is 0 Å². The minimum Gasteiger partial charge on any atom is -0.478 e. The summed E-state index contributed by atoms with van der Waals surface area (Å²) in [5.74, 6) is -0.926. The number of aromatic carboxylic acids is 1. The largest absolute Gasteiger partial charge is 0.478 e. The molecule has 5 nitrogen and oxygen atoms in total. The SMILES string of the molecule is CN(c1ccc(C(=O)O)cc1)c1nncs1. The Morgan fingerprint density at radius 1 is 1.38 bits per heavy atom. The molecule has 0 aliphatic heterocycles. The number of hydrogen-bond acceptors (Lipinski definition) is 5. The molecule has 2 rings (SSSR count). The third kappa shape index (κ3) is 2.01. The molecule has 0 aliphatic carbocycles. The van der Waals surface area contributed by atoms with E-state index < -0.39 is 5.97 Å². The van der Waals surface area contributed by atoms with Gasteiger partial charge in [-0.15, -0.1) is 10.2 Å². The second-order valence-electron chi connectivity index (χ2n) is 3.13. The second kappa shape index (κ2) is 4.28. The molecule has 1 N–H and O–H groups in total. The van der Waals surface area contributed by atoms with E-state index in [4.69, 9.17) is 5.11 Å². The Balaban J connectivity index is 2.25. The minimum atomic E-state index is -0.926. The molecule has 1 heterocycles. The molecule has 0 saturated heterocycles. The molecule has 82 valence electrons. The first-order chi connectivity index (χ1) is 7.68. The lowest BCUT2D eigenvalue weighted by molar-refractivity contribution is 0.0697. The monoisotopic (exact) mass is 235 g/mol. The number of hydrogen-bond donors (Lipinski definition) is 1. The number of anilines is 2. The fourth-order valence-corrected chi connectivity index (χ4v) is 1.80. The molecule has 0 spiro atoms. The first-order valence-electron chi connectivity index (χ1n) is 4.52. The average Bonchev–Trinajstić information content (AvgIpc) is 2.81. The highest BCUT2D eigenvalue weighted by Crippen LogP contribution is 2.24. The van der Waals surface area contributed by atoms with E-state index in [2.05, 4.69) is 10.2 Å². The molecular formula is C10H9N3O2S. The molecule has 6 heteroatoms. The van der Waals surface area contributed by atoms with Crippen LogP contribution in [0.25, 0.3) is 0 Å². The van der Waals surface area contributed by atoms with Gasteiger partial charge >= 0.3 is 5.97 Å². The number of nitrogens with zero attached hydrogens (tertiary/aromatic N) is 3. The van der Waals surface area contributed by atoms with Crippen LogP contribution in [0.1, 0.15) is 10.4 Å². The zero-order chi connectivity index (χ0) is 11.5. The number of benzene rings is 1. The first-order valence-corrected chi connectivity index (χ1v) is 5.39. The smallest absolute Gasteiger partial charge is 0.335 e. The van der Waals surface area contributed by atoms with Gasteiger partial charge < -0.3 is 10.0 Å². The topological polar surface area (TPSA) is 66.3 Å². The summed E-state index contributed by atoms with van der Waals surface area (Å²) < 4.78 is 0. The Morgan fingerprint density at radius 2 is 2.06 bits per heavy atom. The van der Waals surface area contributed by atoms with Gasteiger partial charge in [0, 0.05) is 12.7 Å². The van der Waals surface area contributed by atoms with Crippen LogP contribution in [0.4, 0.5) is 10.8 Å². The van der Waals surface area contributed by atoms with Gasteiger partial charge in [-0.1, -0.05) is 11.3 Å². The van der Waals surface area contributed by atoms with E-state index in [0.29, 0.717) is 0 Å². The maximum absolute atomic E-state index is 10.7. The summed E-state index contributed by atoms with van der Waals surface area (Å²) in [6, 6.07) is 6.61. The summed E-state index contributed by atoms with van der Waals surface area (Å²) in [7, 11) is 1.86. The summed E-state index contributed by atoms with van der Waals surface area (Å²) in [4.78, 5) is 12.5. The molecular weight excluding hydrogens is 226 g/mol. The fraction of sp³-hybridized carbons (Fsp3) is 0.100. The third-order valence-electron chi connectivity index (χ3n) is 2.14. The van der Waals surface area contributed by atoms with Crippen molar-refractivity contribution in [1.29, 1.82) is 0 Å². The van der Waals surface area contributed by atoms with Crippen molar-refractivity contribution >= 4 is 28.1 Å². The summed E-state index contributed by atoms with van der Waals surface area (Å²) >= 11 is 1.42. The minimum absolute atomic E-state index is 0.273. The quantitative estimate of drug-likeness (QED) is 0.881. The van der Waals surface area contributed by atoms with Crippen LogP contribution in [0, 0.1) is 0 Å². The van der Waals surface area contributed by atoms with Gasteiger partial charge in [0.25, 0.3) is 0 Å². The van der Waals surface area contributed by atoms with Crippen molar-refractivity contribution in [3.8, 4) is 0 Å². The van der Waals surface area contributed by atoms with Gasteiger partial charge in [-0.05, 0) is 24.3 Å². The van der Waals surface area contributed by atoms with E-state index in [0.717, 1.165) is 10.8 Å². The second-order valence-corrected chi connectivity index (χ2v) is 3.94. The first kappa shape index (κ1) is 10.6. The van der Waals surface area contributed by atoms with Gasteiger partial charge in [0.2, 0.25) is 5.13 Å². The zero-order valence-electron chi connectivity index (χ0n) is 8.49. The Labute approximate surface area is 96.0 Å². The molecule has 0 fully saturated rings. The predicted octanol–water partition coefficient (Wildman–Crippen LogP) is 2.00. The van der Waals surface area contributed by atoms with Crippen molar-refractivity contribution in [3.63, 3.8) is 0 Å². The van der Waals surface area contributed by atoms with E-state index in [1.54, 1.807) is 29.8 Å². The highest BCUT2D eigenvalue weighted by atomic mass is 32.1. The van der Waals surface area contributed by atoms with Crippen LogP contribution in [0.3, 0.4) is 0 Å². The Kier molecular flexibility index (Phi) is 2.82. The van der Waals surface area contributed by atoms with Crippen LogP contribution in [-0.4, -0.2) is 28.3 Å². The van der Waals surface area contributed by atoms with E-state index in [9.17, 15) is 4.79 Å². The summed E-state index contributed by atoms with van der Waals surface area (Å²) in [6.45, 7) is 0. The Bertz CT molecular complexity index is 481. The van der Waals surface area contributed by atoms with Gasteiger partial charge in [-0.3, -0.25) is 0 Å². The van der Waals surface area contributed by atoms with E-state index in [-0.39, 0.29) is 5.56 Å². The van der Waals surface area contributed by atoms with Crippen LogP contribution < -0.4 is 4.90 Å². The molecule has 2 aromatic rings. The van der Waals surface area contributed by atoms with Crippen molar-refractivity contribution in [2.75, 3.05) is 11.9 Å². The van der Waals surface area contributed by atoms with Gasteiger partial charge in [0.15, 0.2) is 0 Å². The van der Waals surface area contributed by atoms with Gasteiger partial charge in [-0.25, -0.2) is 4.79 Å². The number of carbonyl (C=O) groups is 1. The summed E-state index contributed by atoms with van der Waals surface area (Å²) in [5, 5.41) is 17.2. The van der Waals surface area contributed by atoms with Crippen LogP contribution in [0.2, 0.25) is 0 Å². The van der Waals surface area contributed by atoms with E-state index in [1.807, 2.05) is 11.9 Å². The molecule has 0 aliphatic rings. The normalized spacial score (nSPS) is 10.1. The van der Waals surface area contributed by atoms with E-state index in [1.165, 1.54) is 11.3 Å². The molecule has 1 aromatic carbocycles. The zero-order valence-corrected chi connectivity index (χ0v) is 9.31. The molecule has 0 radical (unpaired) electrons. The van der Waals surface area contributed by atoms with Crippen molar-refractivity contribution in [2.24, 2.45) is 0 Å². The molecule has 16 heavy (non-hydrogen) atoms. The maximum Gasteiger partial charge on any atom is 0.335 e. The number of carboxylic acids is 1. The number of aromatic nitrogens is 2. The standard InChI is InChI=1S/C10H9N3O2S/c1-13(10-12-11-6-16-10)8-4-2-7(3-5-8)9(14)15/h2-6H,1H3,(H,14,15). The fourth-order valence-electron chi connectivity index (χ4n) is 1.25. The van der Waals surface area contributed by atoms with Crippen molar-refractivity contribution in [2.45, 2.75) is 0 Å². The lowest BCUT2D eigenvalue weighted by Crippen LogP contribution is -2.09. The average molecular weight is 235 g/mol. The van der Waals surface area contributed by atoms with Crippen LogP contribution in [0.15, 0.2) is 29.8 Å². The third-order valence-corrected chi connectivity index (χ3v) is 2.90. The maximum atomic E-state index is 10.7. The molecule has 0 unspecified atom stereocenters. The highest BCUT2D eigenvalue weighted by Gasteiger charge is 2.08. The predicted molar refractivity (Wildman–Crippen MR) is 61.4 cm³/mol. The summed E-state index contributed by atoms with van der Waals surface area (Å²) in [5.41, 5.74) is 2.80. The van der Waals surface area contributed by atoms with Crippen LogP contribution in [-0.2, 0) is 0 Å².